The third-order valence-electron chi connectivity index (χ3n) is 3.82. The van der Waals surface area contributed by atoms with E-state index in [4.69, 9.17) is 32.2 Å². The molecule has 0 amide bonds. The highest BCUT2D eigenvalue weighted by Gasteiger charge is 2.18. The Kier molecular flexibility index (Phi) is 6.86. The Bertz CT molecular complexity index is 753. The molecule has 0 unspecified atom stereocenters. The zero-order valence-corrected chi connectivity index (χ0v) is 16.7. The molecular formula is C21H27NO3S. The first-order valence-electron chi connectivity index (χ1n) is 8.74. The Labute approximate surface area is 161 Å². The molecule has 26 heavy (non-hydrogen) atoms. The van der Waals surface area contributed by atoms with Gasteiger partial charge in [0, 0.05) is 5.56 Å². The number of hydrogen-bond donors (Lipinski definition) is 1. The van der Waals surface area contributed by atoms with Crippen molar-refractivity contribution >= 4 is 17.2 Å². The van der Waals surface area contributed by atoms with Crippen molar-refractivity contribution in [3.63, 3.8) is 0 Å². The van der Waals surface area contributed by atoms with Gasteiger partial charge in [-0.15, -0.1) is 0 Å². The molecule has 0 fully saturated rings. The Balaban J connectivity index is 2.00. The van der Waals surface area contributed by atoms with Gasteiger partial charge in [-0.2, -0.15) is 0 Å². The van der Waals surface area contributed by atoms with Gasteiger partial charge >= 0.3 is 0 Å². The zero-order chi connectivity index (χ0) is 19.2. The highest BCUT2D eigenvalue weighted by Crippen LogP contribution is 2.31. The summed E-state index contributed by atoms with van der Waals surface area (Å²) in [6.45, 7) is 9.81. The maximum atomic E-state index is 5.94. The first-order valence-corrected chi connectivity index (χ1v) is 9.15. The van der Waals surface area contributed by atoms with Crippen molar-refractivity contribution in [2.24, 2.45) is 5.73 Å². The predicted molar refractivity (Wildman–Crippen MR) is 110 cm³/mol. The minimum atomic E-state index is 0.0239. The maximum absolute atomic E-state index is 5.94. The number of para-hydroxylation sites is 1. The lowest BCUT2D eigenvalue weighted by Crippen LogP contribution is -2.16. The Morgan fingerprint density at radius 1 is 0.923 bits per heavy atom. The third kappa shape index (κ3) is 5.36. The van der Waals surface area contributed by atoms with Crippen molar-refractivity contribution in [1.29, 1.82) is 0 Å². The lowest BCUT2D eigenvalue weighted by molar-refractivity contribution is 0.206. The summed E-state index contributed by atoms with van der Waals surface area (Å²) in [5, 5.41) is 0. The minimum Gasteiger partial charge on any atom is -0.490 e. The molecule has 0 aromatic heterocycles. The molecule has 0 aliphatic carbocycles. The summed E-state index contributed by atoms with van der Waals surface area (Å²) in [6, 6.07) is 13.5. The molecule has 0 aliphatic heterocycles. The molecule has 140 valence electrons. The fourth-order valence-electron chi connectivity index (χ4n) is 2.56. The molecule has 0 saturated heterocycles. The van der Waals surface area contributed by atoms with Crippen molar-refractivity contribution in [3.05, 3.63) is 53.6 Å². The van der Waals surface area contributed by atoms with E-state index in [1.54, 1.807) is 6.07 Å². The van der Waals surface area contributed by atoms with Crippen LogP contribution in [0, 0.1) is 0 Å². The molecule has 0 saturated carbocycles. The fourth-order valence-corrected chi connectivity index (χ4v) is 2.69. The van der Waals surface area contributed by atoms with Gasteiger partial charge in [0.15, 0.2) is 11.5 Å². The summed E-state index contributed by atoms with van der Waals surface area (Å²) >= 11 is 5.01. The van der Waals surface area contributed by atoms with E-state index in [0.717, 1.165) is 11.3 Å². The maximum Gasteiger partial charge on any atom is 0.161 e. The highest BCUT2D eigenvalue weighted by atomic mass is 32.1. The van der Waals surface area contributed by atoms with Gasteiger partial charge in [-0.25, -0.2) is 0 Å². The van der Waals surface area contributed by atoms with E-state index in [0.29, 0.717) is 36.3 Å². The molecule has 0 heterocycles. The van der Waals surface area contributed by atoms with Crippen LogP contribution in [0.4, 0.5) is 0 Å². The van der Waals surface area contributed by atoms with E-state index in [1.807, 2.05) is 37.3 Å². The minimum absolute atomic E-state index is 0.0239. The van der Waals surface area contributed by atoms with E-state index in [9.17, 15) is 0 Å². The first kappa shape index (κ1) is 20.0. The van der Waals surface area contributed by atoms with E-state index < -0.39 is 0 Å². The van der Waals surface area contributed by atoms with Gasteiger partial charge in [0.25, 0.3) is 0 Å². The average molecular weight is 374 g/mol. The van der Waals surface area contributed by atoms with Crippen molar-refractivity contribution < 1.29 is 14.2 Å². The normalized spacial score (nSPS) is 11.1. The monoisotopic (exact) mass is 373 g/mol. The number of thiocarbonyl (C=S) groups is 1. The molecule has 0 aliphatic rings. The second kappa shape index (κ2) is 8.90. The van der Waals surface area contributed by atoms with Gasteiger partial charge in [0.1, 0.15) is 24.0 Å². The Morgan fingerprint density at radius 2 is 1.58 bits per heavy atom. The largest absolute Gasteiger partial charge is 0.490 e. The number of nitrogens with two attached hydrogens (primary N) is 1. The topological polar surface area (TPSA) is 53.7 Å². The standard InChI is InChI=1S/C21H27NO3S/c1-5-23-19-14-15(20(22)26)10-11-18(19)25-13-12-24-17-9-7-6-8-16(17)21(2,3)4/h6-11,14H,5,12-13H2,1-4H3,(H2,22,26). The van der Waals surface area contributed by atoms with E-state index in [1.165, 1.54) is 5.56 Å². The van der Waals surface area contributed by atoms with Crippen molar-refractivity contribution in [2.75, 3.05) is 19.8 Å². The summed E-state index contributed by atoms with van der Waals surface area (Å²) in [6.07, 6.45) is 0. The van der Waals surface area contributed by atoms with Crippen LogP contribution >= 0.6 is 12.2 Å². The molecule has 2 aromatic carbocycles. The van der Waals surface area contributed by atoms with E-state index in [-0.39, 0.29) is 5.41 Å². The van der Waals surface area contributed by atoms with Crippen LogP contribution in [0.25, 0.3) is 0 Å². The van der Waals surface area contributed by atoms with Crippen LogP contribution in [-0.4, -0.2) is 24.8 Å². The summed E-state index contributed by atoms with van der Waals surface area (Å²) in [5.41, 5.74) is 7.64. The van der Waals surface area contributed by atoms with Crippen LogP contribution in [0.3, 0.4) is 0 Å². The quantitative estimate of drug-likeness (QED) is 0.546. The lowest BCUT2D eigenvalue weighted by Gasteiger charge is -2.22. The molecule has 0 atom stereocenters. The van der Waals surface area contributed by atoms with E-state index >= 15 is 0 Å². The second-order valence-corrected chi connectivity index (χ2v) is 7.34. The smallest absolute Gasteiger partial charge is 0.161 e. The molecule has 2 rings (SSSR count). The van der Waals surface area contributed by atoms with Crippen molar-refractivity contribution in [2.45, 2.75) is 33.1 Å². The zero-order valence-electron chi connectivity index (χ0n) is 15.9. The number of benzene rings is 2. The van der Waals surface area contributed by atoms with E-state index in [2.05, 4.69) is 26.8 Å². The molecule has 4 nitrogen and oxygen atoms in total. The second-order valence-electron chi connectivity index (χ2n) is 6.90. The Hall–Kier alpha value is -2.27. The van der Waals surface area contributed by atoms with Crippen LogP contribution in [0.1, 0.15) is 38.8 Å². The van der Waals surface area contributed by atoms with Gasteiger partial charge < -0.3 is 19.9 Å². The molecule has 2 aromatic rings. The van der Waals surface area contributed by atoms with Gasteiger partial charge in [0.2, 0.25) is 0 Å². The van der Waals surface area contributed by atoms with Gasteiger partial charge in [-0.3, -0.25) is 0 Å². The molecule has 0 spiro atoms. The Morgan fingerprint density at radius 3 is 2.19 bits per heavy atom. The van der Waals surface area contributed by atoms with Crippen LogP contribution in [-0.2, 0) is 5.41 Å². The SMILES string of the molecule is CCOc1cc(C(N)=S)ccc1OCCOc1ccccc1C(C)(C)C. The molecule has 0 radical (unpaired) electrons. The summed E-state index contributed by atoms with van der Waals surface area (Å²) in [4.78, 5) is 0.333. The van der Waals surface area contributed by atoms with Gasteiger partial charge in [-0.1, -0.05) is 51.2 Å². The van der Waals surface area contributed by atoms with Gasteiger partial charge in [-0.05, 0) is 42.2 Å². The molecule has 5 heteroatoms. The van der Waals surface area contributed by atoms with Crippen LogP contribution in [0.15, 0.2) is 42.5 Å². The summed E-state index contributed by atoms with van der Waals surface area (Å²) in [7, 11) is 0. The lowest BCUT2D eigenvalue weighted by atomic mass is 9.86. The van der Waals surface area contributed by atoms with Crippen molar-refractivity contribution in [3.8, 4) is 17.2 Å². The summed E-state index contributed by atoms with van der Waals surface area (Å²) in [5.74, 6) is 2.17. The van der Waals surface area contributed by atoms with Crippen LogP contribution < -0.4 is 19.9 Å². The molecular weight excluding hydrogens is 346 g/mol. The van der Waals surface area contributed by atoms with Crippen LogP contribution in [0.2, 0.25) is 0 Å². The fraction of sp³-hybridized carbons (Fsp3) is 0.381. The van der Waals surface area contributed by atoms with Gasteiger partial charge in [0.05, 0.1) is 6.61 Å². The number of rotatable bonds is 8. The number of ether oxygens (including phenoxy) is 3. The van der Waals surface area contributed by atoms with Crippen LogP contribution in [0.5, 0.6) is 17.2 Å². The highest BCUT2D eigenvalue weighted by molar-refractivity contribution is 7.80. The average Bonchev–Trinajstić information content (AvgIpc) is 2.59. The summed E-state index contributed by atoms with van der Waals surface area (Å²) < 4.78 is 17.4. The first-order chi connectivity index (χ1) is 12.3. The third-order valence-corrected chi connectivity index (χ3v) is 4.06. The molecule has 0 bridgehead atoms. The predicted octanol–water partition coefficient (Wildman–Crippen LogP) is 4.47. The van der Waals surface area contributed by atoms with Crippen molar-refractivity contribution in [1.82, 2.24) is 0 Å². The number of hydrogen-bond acceptors (Lipinski definition) is 4. The molecule has 2 N–H and O–H groups in total.